The number of aliphatic hydroxyl groups excluding tert-OH is 1. The molecule has 2 rings (SSSR count). The minimum atomic E-state index is -1.09. The van der Waals surface area contributed by atoms with Crippen LogP contribution in [0, 0.1) is 0 Å². The van der Waals surface area contributed by atoms with Crippen LogP contribution in [-0.4, -0.2) is 23.0 Å². The van der Waals surface area contributed by atoms with Gasteiger partial charge < -0.3 is 10.8 Å². The largest absolute Gasteiger partial charge is 0.394 e. The number of hydrogen-bond acceptors (Lipinski definition) is 3. The van der Waals surface area contributed by atoms with Gasteiger partial charge in [-0.05, 0) is 24.5 Å². The lowest BCUT2D eigenvalue weighted by atomic mass is 9.78. The number of ketones is 1. The molecule has 3 nitrogen and oxygen atoms in total. The second-order valence-corrected chi connectivity index (χ2v) is 4.76. The van der Waals surface area contributed by atoms with E-state index in [1.807, 2.05) is 12.1 Å². The van der Waals surface area contributed by atoms with Gasteiger partial charge in [-0.25, -0.2) is 0 Å². The fourth-order valence-electron chi connectivity index (χ4n) is 1.91. The summed E-state index contributed by atoms with van der Waals surface area (Å²) < 4.78 is 0.938. The molecule has 3 N–H and O–H groups in total. The fourth-order valence-corrected chi connectivity index (χ4v) is 2.47. The van der Waals surface area contributed by atoms with Crippen molar-refractivity contribution in [3.63, 3.8) is 0 Å². The number of Topliss-reactive ketones (excluding diaryl/α,β-unsaturated/α-hetero) is 1. The van der Waals surface area contributed by atoms with Crippen LogP contribution in [0.2, 0.25) is 0 Å². The average molecular weight is 270 g/mol. The van der Waals surface area contributed by atoms with Gasteiger partial charge in [0, 0.05) is 10.0 Å². The predicted octanol–water partition coefficient (Wildman–Crippen LogP) is 1.27. The van der Waals surface area contributed by atoms with E-state index in [1.54, 1.807) is 6.07 Å². The molecule has 1 atom stereocenters. The molecule has 0 aliphatic heterocycles. The van der Waals surface area contributed by atoms with Gasteiger partial charge in [-0.3, -0.25) is 4.79 Å². The normalized spacial score (nSPS) is 25.1. The van der Waals surface area contributed by atoms with Crippen molar-refractivity contribution in [3.05, 3.63) is 33.8 Å². The molecule has 1 aliphatic rings. The maximum Gasteiger partial charge on any atom is 0.185 e. The van der Waals surface area contributed by atoms with Gasteiger partial charge in [0.05, 0.1) is 6.61 Å². The summed E-state index contributed by atoms with van der Waals surface area (Å²) in [6.45, 7) is -0.294. The Hall–Kier alpha value is -0.710. The SMILES string of the molecule is NC1(CO)CCc2c(Br)cccc2C1=O. The molecule has 1 aromatic carbocycles. The highest BCUT2D eigenvalue weighted by molar-refractivity contribution is 9.10. The average Bonchev–Trinajstić information content (AvgIpc) is 2.24. The van der Waals surface area contributed by atoms with Crippen molar-refractivity contribution in [2.45, 2.75) is 18.4 Å². The molecule has 15 heavy (non-hydrogen) atoms. The van der Waals surface area contributed by atoms with E-state index in [-0.39, 0.29) is 12.4 Å². The van der Waals surface area contributed by atoms with Crippen LogP contribution >= 0.6 is 15.9 Å². The van der Waals surface area contributed by atoms with E-state index in [0.717, 1.165) is 16.5 Å². The van der Waals surface area contributed by atoms with Gasteiger partial charge in [-0.1, -0.05) is 28.1 Å². The van der Waals surface area contributed by atoms with E-state index in [9.17, 15) is 4.79 Å². The molecule has 4 heteroatoms. The van der Waals surface area contributed by atoms with Crippen molar-refractivity contribution in [1.29, 1.82) is 0 Å². The van der Waals surface area contributed by atoms with Crippen LogP contribution < -0.4 is 5.73 Å². The van der Waals surface area contributed by atoms with Crippen LogP contribution in [0.1, 0.15) is 22.3 Å². The van der Waals surface area contributed by atoms with Gasteiger partial charge in [-0.2, -0.15) is 0 Å². The van der Waals surface area contributed by atoms with Crippen molar-refractivity contribution in [3.8, 4) is 0 Å². The highest BCUT2D eigenvalue weighted by atomic mass is 79.9. The van der Waals surface area contributed by atoms with Gasteiger partial charge >= 0.3 is 0 Å². The quantitative estimate of drug-likeness (QED) is 0.807. The van der Waals surface area contributed by atoms with Crippen LogP contribution in [0.4, 0.5) is 0 Å². The first-order valence-electron chi connectivity index (χ1n) is 4.80. The summed E-state index contributed by atoms with van der Waals surface area (Å²) in [6, 6.07) is 5.48. The third-order valence-corrected chi connectivity index (χ3v) is 3.66. The Morgan fingerprint density at radius 3 is 2.93 bits per heavy atom. The Kier molecular flexibility index (Phi) is 2.66. The highest BCUT2D eigenvalue weighted by Gasteiger charge is 2.38. The van der Waals surface area contributed by atoms with Crippen LogP contribution in [0.15, 0.2) is 22.7 Å². The van der Waals surface area contributed by atoms with Crippen LogP contribution in [0.25, 0.3) is 0 Å². The predicted molar refractivity (Wildman–Crippen MR) is 60.8 cm³/mol. The van der Waals surface area contributed by atoms with Gasteiger partial charge in [0.2, 0.25) is 0 Å². The maximum atomic E-state index is 12.0. The molecular formula is C11H12BrNO2. The van der Waals surface area contributed by atoms with Crippen molar-refractivity contribution in [2.24, 2.45) is 5.73 Å². The Morgan fingerprint density at radius 2 is 2.27 bits per heavy atom. The molecular weight excluding hydrogens is 258 g/mol. The lowest BCUT2D eigenvalue weighted by Gasteiger charge is -2.31. The van der Waals surface area contributed by atoms with Gasteiger partial charge in [0.15, 0.2) is 5.78 Å². The molecule has 0 spiro atoms. The van der Waals surface area contributed by atoms with Crippen LogP contribution in [0.3, 0.4) is 0 Å². The van der Waals surface area contributed by atoms with Crippen molar-refractivity contribution >= 4 is 21.7 Å². The number of carbonyl (C=O) groups is 1. The molecule has 0 amide bonds. The zero-order valence-electron chi connectivity index (χ0n) is 8.16. The number of nitrogens with two attached hydrogens (primary N) is 1. The molecule has 0 aromatic heterocycles. The Labute approximate surface area is 96.4 Å². The van der Waals surface area contributed by atoms with Crippen molar-refractivity contribution in [1.82, 2.24) is 0 Å². The molecule has 0 saturated heterocycles. The first-order chi connectivity index (χ1) is 7.08. The molecule has 0 heterocycles. The van der Waals surface area contributed by atoms with E-state index in [0.29, 0.717) is 12.0 Å². The first kappa shape index (κ1) is 10.8. The number of benzene rings is 1. The van der Waals surface area contributed by atoms with Crippen LogP contribution in [0.5, 0.6) is 0 Å². The molecule has 80 valence electrons. The zero-order valence-corrected chi connectivity index (χ0v) is 9.75. The minimum absolute atomic E-state index is 0.160. The lowest BCUT2D eigenvalue weighted by molar-refractivity contribution is 0.0780. The number of rotatable bonds is 1. The third kappa shape index (κ3) is 1.62. The third-order valence-electron chi connectivity index (χ3n) is 2.92. The highest BCUT2D eigenvalue weighted by Crippen LogP contribution is 2.31. The van der Waals surface area contributed by atoms with Crippen molar-refractivity contribution < 1.29 is 9.90 Å². The standard InChI is InChI=1S/C11H12BrNO2/c12-9-3-1-2-8-7(9)4-5-11(13,6-14)10(8)15/h1-3,14H,4-6,13H2. The Balaban J connectivity index is 2.52. The number of halogens is 1. The molecule has 1 aliphatic carbocycles. The Bertz CT molecular complexity index is 419. The second-order valence-electron chi connectivity index (χ2n) is 3.91. The summed E-state index contributed by atoms with van der Waals surface area (Å²) >= 11 is 3.41. The van der Waals surface area contributed by atoms with E-state index in [2.05, 4.69) is 15.9 Å². The monoisotopic (exact) mass is 269 g/mol. The molecule has 0 saturated carbocycles. The fraction of sp³-hybridized carbons (Fsp3) is 0.364. The van der Waals surface area contributed by atoms with Gasteiger partial charge in [0.1, 0.15) is 5.54 Å². The second kappa shape index (κ2) is 3.70. The molecule has 0 fully saturated rings. The zero-order chi connectivity index (χ0) is 11.1. The van der Waals surface area contributed by atoms with E-state index >= 15 is 0 Å². The number of hydrogen-bond donors (Lipinski definition) is 2. The number of aliphatic hydroxyl groups is 1. The summed E-state index contributed by atoms with van der Waals surface area (Å²) in [4.78, 5) is 12.0. The van der Waals surface area contributed by atoms with E-state index in [4.69, 9.17) is 10.8 Å². The molecule has 1 unspecified atom stereocenters. The number of carbonyl (C=O) groups excluding carboxylic acids is 1. The van der Waals surface area contributed by atoms with Gasteiger partial charge in [-0.15, -0.1) is 0 Å². The summed E-state index contributed by atoms with van der Waals surface area (Å²) in [5.41, 5.74) is 6.39. The molecule has 0 bridgehead atoms. The van der Waals surface area contributed by atoms with Crippen LogP contribution in [-0.2, 0) is 6.42 Å². The summed E-state index contributed by atoms with van der Waals surface area (Å²) in [6.07, 6.45) is 1.22. The smallest absolute Gasteiger partial charge is 0.185 e. The van der Waals surface area contributed by atoms with E-state index < -0.39 is 5.54 Å². The van der Waals surface area contributed by atoms with Gasteiger partial charge in [0.25, 0.3) is 0 Å². The minimum Gasteiger partial charge on any atom is -0.394 e. The summed E-state index contributed by atoms with van der Waals surface area (Å²) in [7, 11) is 0. The first-order valence-corrected chi connectivity index (χ1v) is 5.60. The molecule has 1 aromatic rings. The van der Waals surface area contributed by atoms with Crippen molar-refractivity contribution in [2.75, 3.05) is 6.61 Å². The Morgan fingerprint density at radius 1 is 1.53 bits per heavy atom. The maximum absolute atomic E-state index is 12.0. The van der Waals surface area contributed by atoms with E-state index in [1.165, 1.54) is 0 Å². The summed E-state index contributed by atoms with van der Waals surface area (Å²) in [5, 5.41) is 9.16. The topological polar surface area (TPSA) is 63.3 Å². The summed E-state index contributed by atoms with van der Waals surface area (Å²) in [5.74, 6) is -0.160. The number of fused-ring (bicyclic) bond motifs is 1. The lowest BCUT2D eigenvalue weighted by Crippen LogP contribution is -2.53. The molecule has 0 radical (unpaired) electrons.